The zero-order chi connectivity index (χ0) is 18.4. The molecule has 0 aliphatic heterocycles. The van der Waals surface area contributed by atoms with Gasteiger partial charge in [0.15, 0.2) is 5.96 Å². The van der Waals surface area contributed by atoms with Crippen LogP contribution in [0.5, 0.6) is 5.75 Å². The Labute approximate surface area is 163 Å². The average molecular weight is 475 g/mol. The van der Waals surface area contributed by atoms with Gasteiger partial charge in [-0.25, -0.2) is 0 Å². The van der Waals surface area contributed by atoms with Gasteiger partial charge in [-0.05, 0) is 45.4 Å². The second-order valence-electron chi connectivity index (χ2n) is 6.23. The summed E-state index contributed by atoms with van der Waals surface area (Å²) in [5.74, 6) is 0.228. The maximum absolute atomic E-state index is 12.1. The van der Waals surface area contributed by atoms with Crippen molar-refractivity contribution in [3.05, 3.63) is 29.8 Å². The molecule has 1 rings (SSSR count). The quantitative estimate of drug-likeness (QED) is 0.346. The first-order valence-corrected chi connectivity index (χ1v) is 7.60. The van der Waals surface area contributed by atoms with Crippen LogP contribution in [-0.2, 0) is 0 Å². The van der Waals surface area contributed by atoms with Crippen molar-refractivity contribution in [3.63, 3.8) is 0 Å². The van der Waals surface area contributed by atoms with E-state index in [0.29, 0.717) is 18.1 Å². The van der Waals surface area contributed by atoms with E-state index in [1.165, 1.54) is 12.1 Å². The van der Waals surface area contributed by atoms with Crippen LogP contribution in [0, 0.1) is 0 Å². The van der Waals surface area contributed by atoms with Gasteiger partial charge in [0.2, 0.25) is 0 Å². The maximum Gasteiger partial charge on any atom is 0.573 e. The molecule has 144 valence electrons. The standard InChI is InChI=1S/C16H24F3N3O2.HI/c1-5-20-14(22-15(2,3)4)21-10-13(23)11-6-8-12(9-7-11)24-16(17,18)19;/h6-9,13,23H,5,10H2,1-4H3,(H2,20,21,22);1H. The minimum atomic E-state index is -4.73. The number of halogens is 4. The van der Waals surface area contributed by atoms with E-state index in [1.807, 2.05) is 27.7 Å². The van der Waals surface area contributed by atoms with Crippen molar-refractivity contribution in [3.8, 4) is 5.75 Å². The fraction of sp³-hybridized carbons (Fsp3) is 0.562. The van der Waals surface area contributed by atoms with Crippen LogP contribution in [0.15, 0.2) is 29.3 Å². The van der Waals surface area contributed by atoms with E-state index >= 15 is 0 Å². The van der Waals surface area contributed by atoms with Crippen molar-refractivity contribution in [2.45, 2.75) is 45.7 Å². The summed E-state index contributed by atoms with van der Waals surface area (Å²) in [6.07, 6.45) is -5.66. The summed E-state index contributed by atoms with van der Waals surface area (Å²) >= 11 is 0. The molecule has 1 aromatic carbocycles. The number of aliphatic hydroxyl groups excluding tert-OH is 1. The van der Waals surface area contributed by atoms with Gasteiger partial charge >= 0.3 is 6.36 Å². The van der Waals surface area contributed by atoms with Gasteiger partial charge in [-0.1, -0.05) is 12.1 Å². The highest BCUT2D eigenvalue weighted by Crippen LogP contribution is 2.24. The minimum Gasteiger partial charge on any atom is -0.406 e. The Morgan fingerprint density at radius 2 is 1.76 bits per heavy atom. The first-order valence-electron chi connectivity index (χ1n) is 7.60. The molecular weight excluding hydrogens is 450 g/mol. The molecule has 0 spiro atoms. The third kappa shape index (κ3) is 10.4. The van der Waals surface area contributed by atoms with Crippen molar-refractivity contribution < 1.29 is 23.0 Å². The van der Waals surface area contributed by atoms with E-state index in [-0.39, 0.29) is 41.8 Å². The summed E-state index contributed by atoms with van der Waals surface area (Å²) in [6, 6.07) is 5.08. The van der Waals surface area contributed by atoms with Gasteiger partial charge in [0.1, 0.15) is 5.75 Å². The van der Waals surface area contributed by atoms with Crippen LogP contribution in [0.2, 0.25) is 0 Å². The van der Waals surface area contributed by atoms with E-state index in [9.17, 15) is 18.3 Å². The van der Waals surface area contributed by atoms with Crippen LogP contribution >= 0.6 is 24.0 Å². The molecule has 0 bridgehead atoms. The summed E-state index contributed by atoms with van der Waals surface area (Å²) in [5, 5.41) is 16.4. The van der Waals surface area contributed by atoms with Crippen molar-refractivity contribution in [1.82, 2.24) is 10.6 Å². The van der Waals surface area contributed by atoms with Crippen LogP contribution in [0.25, 0.3) is 0 Å². The summed E-state index contributed by atoms with van der Waals surface area (Å²) in [6.45, 7) is 8.61. The molecule has 0 heterocycles. The third-order valence-electron chi connectivity index (χ3n) is 2.76. The summed E-state index contributed by atoms with van der Waals surface area (Å²) in [4.78, 5) is 4.29. The minimum absolute atomic E-state index is 0. The SMILES string of the molecule is CCNC(=NCC(O)c1ccc(OC(F)(F)F)cc1)NC(C)(C)C.I. The van der Waals surface area contributed by atoms with Gasteiger partial charge in [0.25, 0.3) is 0 Å². The van der Waals surface area contributed by atoms with E-state index in [2.05, 4.69) is 20.4 Å². The molecule has 3 N–H and O–H groups in total. The molecule has 0 saturated heterocycles. The number of rotatable bonds is 5. The number of aliphatic hydroxyl groups is 1. The van der Waals surface area contributed by atoms with Crippen LogP contribution in [0.4, 0.5) is 13.2 Å². The first kappa shape index (κ1) is 23.8. The Bertz CT molecular complexity index is 543. The van der Waals surface area contributed by atoms with Gasteiger partial charge in [0.05, 0.1) is 12.6 Å². The first-order chi connectivity index (χ1) is 11.0. The number of alkyl halides is 3. The number of aliphatic imine (C=N–C) groups is 1. The van der Waals surface area contributed by atoms with Crippen molar-refractivity contribution in [1.29, 1.82) is 0 Å². The van der Waals surface area contributed by atoms with Crippen LogP contribution in [-0.4, -0.2) is 36.1 Å². The smallest absolute Gasteiger partial charge is 0.406 e. The van der Waals surface area contributed by atoms with Crippen LogP contribution < -0.4 is 15.4 Å². The van der Waals surface area contributed by atoms with Gasteiger partial charge in [-0.2, -0.15) is 0 Å². The molecule has 0 fully saturated rings. The Balaban J connectivity index is 0.00000576. The van der Waals surface area contributed by atoms with Crippen LogP contribution in [0.1, 0.15) is 39.4 Å². The molecule has 1 aromatic rings. The Hall–Kier alpha value is -1.23. The average Bonchev–Trinajstić information content (AvgIpc) is 2.42. The highest BCUT2D eigenvalue weighted by Gasteiger charge is 2.31. The van der Waals surface area contributed by atoms with E-state index in [4.69, 9.17) is 0 Å². The topological polar surface area (TPSA) is 65.9 Å². The van der Waals surface area contributed by atoms with E-state index < -0.39 is 12.5 Å². The lowest BCUT2D eigenvalue weighted by molar-refractivity contribution is -0.274. The van der Waals surface area contributed by atoms with Crippen molar-refractivity contribution >= 4 is 29.9 Å². The van der Waals surface area contributed by atoms with Crippen LogP contribution in [0.3, 0.4) is 0 Å². The molecule has 1 unspecified atom stereocenters. The third-order valence-corrected chi connectivity index (χ3v) is 2.76. The summed E-state index contributed by atoms with van der Waals surface area (Å²) in [5.41, 5.74) is 0.266. The van der Waals surface area contributed by atoms with E-state index in [0.717, 1.165) is 12.1 Å². The van der Waals surface area contributed by atoms with Crippen molar-refractivity contribution in [2.75, 3.05) is 13.1 Å². The number of ether oxygens (including phenoxy) is 1. The zero-order valence-electron chi connectivity index (χ0n) is 14.6. The predicted octanol–water partition coefficient (Wildman–Crippen LogP) is 3.59. The molecular formula is C16H25F3IN3O2. The molecule has 1 atom stereocenters. The number of nitrogens with one attached hydrogen (secondary N) is 2. The second kappa shape index (κ2) is 10.0. The fourth-order valence-electron chi connectivity index (χ4n) is 1.84. The Morgan fingerprint density at radius 3 is 2.20 bits per heavy atom. The molecule has 0 aromatic heterocycles. The lowest BCUT2D eigenvalue weighted by Gasteiger charge is -2.24. The molecule has 9 heteroatoms. The predicted molar refractivity (Wildman–Crippen MR) is 102 cm³/mol. The van der Waals surface area contributed by atoms with E-state index in [1.54, 1.807) is 0 Å². The lowest BCUT2D eigenvalue weighted by atomic mass is 10.1. The van der Waals surface area contributed by atoms with Gasteiger partial charge in [0, 0.05) is 12.1 Å². The number of benzene rings is 1. The molecule has 5 nitrogen and oxygen atoms in total. The summed E-state index contributed by atoms with van der Waals surface area (Å²) in [7, 11) is 0. The highest BCUT2D eigenvalue weighted by molar-refractivity contribution is 14.0. The highest BCUT2D eigenvalue weighted by atomic mass is 127. The Kier molecular flexibility index (Phi) is 9.55. The molecule has 25 heavy (non-hydrogen) atoms. The lowest BCUT2D eigenvalue weighted by Crippen LogP contribution is -2.47. The normalized spacial score (nSPS) is 13.7. The molecule has 0 amide bonds. The largest absolute Gasteiger partial charge is 0.573 e. The fourth-order valence-corrected chi connectivity index (χ4v) is 1.84. The van der Waals surface area contributed by atoms with Gasteiger partial charge in [-0.15, -0.1) is 37.1 Å². The number of hydrogen-bond donors (Lipinski definition) is 3. The number of guanidine groups is 1. The number of hydrogen-bond acceptors (Lipinski definition) is 3. The molecule has 0 aliphatic carbocycles. The zero-order valence-corrected chi connectivity index (χ0v) is 17.0. The molecule has 0 aliphatic rings. The Morgan fingerprint density at radius 1 is 1.20 bits per heavy atom. The van der Waals surface area contributed by atoms with Gasteiger partial charge < -0.3 is 20.5 Å². The maximum atomic E-state index is 12.1. The summed E-state index contributed by atoms with van der Waals surface area (Å²) < 4.78 is 40.1. The molecule has 0 saturated carbocycles. The van der Waals surface area contributed by atoms with Crippen molar-refractivity contribution in [2.24, 2.45) is 4.99 Å². The molecule has 0 radical (unpaired) electrons. The monoisotopic (exact) mass is 475 g/mol. The second-order valence-corrected chi connectivity index (χ2v) is 6.23. The number of nitrogens with zero attached hydrogens (tertiary/aromatic N) is 1. The van der Waals surface area contributed by atoms with Gasteiger partial charge in [-0.3, -0.25) is 4.99 Å².